The van der Waals surface area contributed by atoms with E-state index in [2.05, 4.69) is 4.90 Å². The Hall–Kier alpha value is -0.120. The smallest absolute Gasteiger partial charge is 0.0558 e. The van der Waals surface area contributed by atoms with E-state index in [-0.39, 0.29) is 0 Å². The van der Waals surface area contributed by atoms with Crippen molar-refractivity contribution in [3.05, 3.63) is 0 Å². The van der Waals surface area contributed by atoms with Crippen LogP contribution in [0.5, 0.6) is 0 Å². The number of nitrogens with zero attached hydrogens (tertiary/aromatic N) is 1. The highest BCUT2D eigenvalue weighted by Crippen LogP contribution is 2.33. The van der Waals surface area contributed by atoms with Crippen molar-refractivity contribution < 1.29 is 5.11 Å². The van der Waals surface area contributed by atoms with Crippen LogP contribution in [0, 0.1) is 5.92 Å². The number of nitrogens with two attached hydrogens (primary N) is 1. The SMILES string of the molecule is NCC1CCCC1N(CCO)C1CCCCC1. The Bertz CT molecular complexity index is 216. The van der Waals surface area contributed by atoms with Gasteiger partial charge in [0.2, 0.25) is 0 Å². The first-order valence-corrected chi connectivity index (χ1v) is 7.43. The minimum Gasteiger partial charge on any atom is -0.395 e. The molecule has 2 atom stereocenters. The van der Waals surface area contributed by atoms with E-state index in [1.807, 2.05) is 0 Å². The maximum Gasteiger partial charge on any atom is 0.0558 e. The van der Waals surface area contributed by atoms with Gasteiger partial charge in [0.25, 0.3) is 0 Å². The molecule has 2 saturated carbocycles. The van der Waals surface area contributed by atoms with Crippen molar-refractivity contribution in [1.82, 2.24) is 4.90 Å². The van der Waals surface area contributed by atoms with Gasteiger partial charge in [-0.3, -0.25) is 4.90 Å². The highest BCUT2D eigenvalue weighted by atomic mass is 16.3. The fourth-order valence-corrected chi connectivity index (χ4v) is 3.88. The summed E-state index contributed by atoms with van der Waals surface area (Å²) in [4.78, 5) is 2.60. The highest BCUT2D eigenvalue weighted by molar-refractivity contribution is 4.90. The van der Waals surface area contributed by atoms with Crippen LogP contribution < -0.4 is 5.73 Å². The van der Waals surface area contributed by atoms with Gasteiger partial charge >= 0.3 is 0 Å². The van der Waals surface area contributed by atoms with E-state index in [9.17, 15) is 5.11 Å². The van der Waals surface area contributed by atoms with E-state index in [0.717, 1.165) is 13.1 Å². The van der Waals surface area contributed by atoms with Gasteiger partial charge in [-0.1, -0.05) is 25.7 Å². The second-order valence-corrected chi connectivity index (χ2v) is 5.75. The van der Waals surface area contributed by atoms with Gasteiger partial charge in [-0.2, -0.15) is 0 Å². The largest absolute Gasteiger partial charge is 0.395 e. The predicted octanol–water partition coefficient (Wildman–Crippen LogP) is 1.74. The van der Waals surface area contributed by atoms with Crippen LogP contribution in [0.2, 0.25) is 0 Å². The lowest BCUT2D eigenvalue weighted by Gasteiger charge is -2.40. The molecule has 2 fully saturated rings. The molecule has 17 heavy (non-hydrogen) atoms. The van der Waals surface area contributed by atoms with Gasteiger partial charge in [-0.05, 0) is 38.1 Å². The van der Waals surface area contributed by atoms with Crippen molar-refractivity contribution in [3.8, 4) is 0 Å². The summed E-state index contributed by atoms with van der Waals surface area (Å²) in [5, 5.41) is 9.31. The summed E-state index contributed by atoms with van der Waals surface area (Å²) in [5.41, 5.74) is 5.90. The average molecular weight is 240 g/mol. The zero-order valence-corrected chi connectivity index (χ0v) is 11.0. The van der Waals surface area contributed by atoms with E-state index in [4.69, 9.17) is 5.73 Å². The van der Waals surface area contributed by atoms with Crippen molar-refractivity contribution in [1.29, 1.82) is 0 Å². The van der Waals surface area contributed by atoms with Crippen molar-refractivity contribution in [3.63, 3.8) is 0 Å². The van der Waals surface area contributed by atoms with Gasteiger partial charge in [-0.25, -0.2) is 0 Å². The van der Waals surface area contributed by atoms with Gasteiger partial charge in [0, 0.05) is 18.6 Å². The molecule has 0 aromatic carbocycles. The monoisotopic (exact) mass is 240 g/mol. The maximum atomic E-state index is 9.31. The van der Waals surface area contributed by atoms with Crippen LogP contribution in [-0.2, 0) is 0 Å². The van der Waals surface area contributed by atoms with Gasteiger partial charge in [-0.15, -0.1) is 0 Å². The molecule has 2 aliphatic carbocycles. The van der Waals surface area contributed by atoms with E-state index < -0.39 is 0 Å². The van der Waals surface area contributed by atoms with E-state index in [1.54, 1.807) is 0 Å². The second kappa shape index (κ2) is 6.72. The lowest BCUT2D eigenvalue weighted by Crippen LogP contribution is -2.48. The Morgan fingerprint density at radius 3 is 2.41 bits per heavy atom. The topological polar surface area (TPSA) is 49.5 Å². The maximum absolute atomic E-state index is 9.31. The van der Waals surface area contributed by atoms with Crippen molar-refractivity contribution in [2.45, 2.75) is 63.5 Å². The fourth-order valence-electron chi connectivity index (χ4n) is 3.88. The third kappa shape index (κ3) is 3.21. The molecule has 0 aromatic rings. The quantitative estimate of drug-likeness (QED) is 0.769. The van der Waals surface area contributed by atoms with E-state index in [0.29, 0.717) is 24.6 Å². The predicted molar refractivity (Wildman–Crippen MR) is 70.8 cm³/mol. The summed E-state index contributed by atoms with van der Waals surface area (Å²) in [6.45, 7) is 1.97. The average Bonchev–Trinajstić information content (AvgIpc) is 2.85. The normalized spacial score (nSPS) is 31.2. The van der Waals surface area contributed by atoms with Crippen molar-refractivity contribution in [2.24, 2.45) is 11.7 Å². The Kier molecular flexibility index (Phi) is 5.26. The standard InChI is InChI=1S/C14H28N2O/c15-11-12-5-4-8-14(12)16(9-10-17)13-6-2-1-3-7-13/h12-14,17H,1-11,15H2. The van der Waals surface area contributed by atoms with Crippen LogP contribution >= 0.6 is 0 Å². The molecule has 100 valence electrons. The zero-order chi connectivity index (χ0) is 12.1. The zero-order valence-electron chi connectivity index (χ0n) is 11.0. The number of aliphatic hydroxyl groups is 1. The molecule has 0 amide bonds. The third-order valence-electron chi connectivity index (χ3n) is 4.75. The first-order chi connectivity index (χ1) is 8.36. The molecule has 3 nitrogen and oxygen atoms in total. The molecule has 0 aliphatic heterocycles. The Balaban J connectivity index is 1.99. The van der Waals surface area contributed by atoms with Crippen LogP contribution in [0.3, 0.4) is 0 Å². The molecular weight excluding hydrogens is 212 g/mol. The van der Waals surface area contributed by atoms with Gasteiger partial charge in [0.15, 0.2) is 0 Å². The number of hydrogen-bond donors (Lipinski definition) is 2. The molecule has 0 saturated heterocycles. The van der Waals surface area contributed by atoms with E-state index >= 15 is 0 Å². The summed E-state index contributed by atoms with van der Waals surface area (Å²) in [7, 11) is 0. The lowest BCUT2D eigenvalue weighted by atomic mass is 9.91. The molecule has 0 heterocycles. The van der Waals surface area contributed by atoms with Crippen molar-refractivity contribution >= 4 is 0 Å². The Morgan fingerprint density at radius 1 is 1.00 bits per heavy atom. The lowest BCUT2D eigenvalue weighted by molar-refractivity contribution is 0.0638. The van der Waals surface area contributed by atoms with Crippen LogP contribution in [0.4, 0.5) is 0 Å². The van der Waals surface area contributed by atoms with Gasteiger partial charge < -0.3 is 10.8 Å². The minimum absolute atomic E-state index is 0.296. The summed E-state index contributed by atoms with van der Waals surface area (Å²) in [6, 6.07) is 1.36. The summed E-state index contributed by atoms with van der Waals surface area (Å²) < 4.78 is 0. The summed E-state index contributed by atoms with van der Waals surface area (Å²) >= 11 is 0. The minimum atomic E-state index is 0.296. The number of aliphatic hydroxyl groups excluding tert-OH is 1. The molecule has 0 radical (unpaired) electrons. The molecule has 3 N–H and O–H groups in total. The number of hydrogen-bond acceptors (Lipinski definition) is 3. The molecule has 2 aliphatic rings. The van der Waals surface area contributed by atoms with Gasteiger partial charge in [0.05, 0.1) is 6.61 Å². The molecule has 3 heteroatoms. The molecule has 0 spiro atoms. The molecule has 2 rings (SSSR count). The first kappa shape index (κ1) is 13.3. The Morgan fingerprint density at radius 2 is 1.76 bits per heavy atom. The molecule has 0 aromatic heterocycles. The molecule has 2 unspecified atom stereocenters. The van der Waals surface area contributed by atoms with Crippen LogP contribution in [-0.4, -0.2) is 41.8 Å². The Labute approximate surface area is 105 Å². The molecule has 0 bridgehead atoms. The fraction of sp³-hybridized carbons (Fsp3) is 1.00. The van der Waals surface area contributed by atoms with Crippen LogP contribution in [0.25, 0.3) is 0 Å². The van der Waals surface area contributed by atoms with E-state index in [1.165, 1.54) is 51.4 Å². The summed E-state index contributed by atoms with van der Waals surface area (Å²) in [5.74, 6) is 0.670. The molecular formula is C14H28N2O. The van der Waals surface area contributed by atoms with Gasteiger partial charge in [0.1, 0.15) is 0 Å². The van der Waals surface area contributed by atoms with Crippen molar-refractivity contribution in [2.75, 3.05) is 19.7 Å². The second-order valence-electron chi connectivity index (χ2n) is 5.75. The van der Waals surface area contributed by atoms with Crippen LogP contribution in [0.1, 0.15) is 51.4 Å². The summed E-state index contributed by atoms with van der Waals surface area (Å²) in [6.07, 6.45) is 10.7. The highest BCUT2D eigenvalue weighted by Gasteiger charge is 2.34. The van der Waals surface area contributed by atoms with Crippen LogP contribution in [0.15, 0.2) is 0 Å². The third-order valence-corrected chi connectivity index (χ3v) is 4.75. The first-order valence-electron chi connectivity index (χ1n) is 7.43. The number of rotatable bonds is 5.